The summed E-state index contributed by atoms with van der Waals surface area (Å²) in [7, 11) is 0. The van der Waals surface area contributed by atoms with Crippen LogP contribution in [0.1, 0.15) is 126 Å². The lowest BCUT2D eigenvalue weighted by atomic mass is 9.32. The SMILES string of the molecule is CC(CC(O)C(O)C(O)C(O)CN)[C@H]1CC[C@]2(C)[C@H]3CC[C@@H]4[C@@]5(C)CCCC(C)(C)[C@@H]5CC[C@@]4(C)[C@]3(C)CC[C@@H]12. The van der Waals surface area contributed by atoms with E-state index in [2.05, 4.69) is 48.5 Å². The summed E-state index contributed by atoms with van der Waals surface area (Å²) in [4.78, 5) is 0. The summed E-state index contributed by atoms with van der Waals surface area (Å²) >= 11 is 0. The lowest BCUT2D eigenvalue weighted by molar-refractivity contribution is -0.241. The Kier molecular flexibility index (Phi) is 8.17. The van der Waals surface area contributed by atoms with Crippen LogP contribution in [0.4, 0.5) is 0 Å². The Hall–Kier alpha value is -0.200. The summed E-state index contributed by atoms with van der Waals surface area (Å²) in [5.74, 6) is 3.90. The molecule has 5 aliphatic rings. The van der Waals surface area contributed by atoms with Gasteiger partial charge < -0.3 is 26.2 Å². The van der Waals surface area contributed by atoms with Crippen molar-refractivity contribution in [1.29, 1.82) is 0 Å². The topological polar surface area (TPSA) is 107 Å². The van der Waals surface area contributed by atoms with E-state index >= 15 is 0 Å². The highest BCUT2D eigenvalue weighted by Crippen LogP contribution is 2.78. The minimum atomic E-state index is -1.42. The van der Waals surface area contributed by atoms with Gasteiger partial charge in [-0.2, -0.15) is 0 Å². The summed E-state index contributed by atoms with van der Waals surface area (Å²) < 4.78 is 0. The first-order valence-corrected chi connectivity index (χ1v) is 17.0. The summed E-state index contributed by atoms with van der Waals surface area (Å²) in [5, 5.41) is 41.4. The summed E-state index contributed by atoms with van der Waals surface area (Å²) in [5.41, 5.74) is 7.54. The van der Waals surface area contributed by atoms with Crippen LogP contribution in [-0.4, -0.2) is 51.4 Å². The van der Waals surface area contributed by atoms with Crippen LogP contribution in [0.2, 0.25) is 0 Å². The normalized spacial score (nSPS) is 50.0. The number of nitrogens with two attached hydrogens (primary N) is 1. The molecule has 0 spiro atoms. The third kappa shape index (κ3) is 4.41. The Morgan fingerprint density at radius 1 is 0.650 bits per heavy atom. The van der Waals surface area contributed by atoms with E-state index in [1.165, 1.54) is 70.6 Å². The van der Waals surface area contributed by atoms with E-state index in [-0.39, 0.29) is 12.5 Å². The third-order valence-corrected chi connectivity index (χ3v) is 15.5. The van der Waals surface area contributed by atoms with Crippen LogP contribution in [-0.2, 0) is 0 Å². The summed E-state index contributed by atoms with van der Waals surface area (Å²) in [6, 6.07) is 0. The first-order chi connectivity index (χ1) is 18.6. The van der Waals surface area contributed by atoms with Gasteiger partial charge in [-0.25, -0.2) is 0 Å². The minimum Gasteiger partial charge on any atom is -0.390 e. The van der Waals surface area contributed by atoms with Gasteiger partial charge in [0.05, 0.1) is 12.2 Å². The zero-order valence-corrected chi connectivity index (χ0v) is 26.8. The van der Waals surface area contributed by atoms with Gasteiger partial charge in [-0.05, 0) is 133 Å². The molecule has 5 unspecified atom stereocenters. The van der Waals surface area contributed by atoms with Crippen LogP contribution in [0.25, 0.3) is 0 Å². The van der Waals surface area contributed by atoms with Crippen LogP contribution in [0.15, 0.2) is 0 Å². The molecule has 5 aliphatic carbocycles. The number of fused-ring (bicyclic) bond motifs is 7. The van der Waals surface area contributed by atoms with Gasteiger partial charge in [0.2, 0.25) is 0 Å². The Balaban J connectivity index is 1.34. The molecular weight excluding hydrogens is 498 g/mol. The van der Waals surface area contributed by atoms with Gasteiger partial charge in [-0.1, -0.05) is 54.9 Å². The molecule has 6 N–H and O–H groups in total. The molecule has 0 radical (unpaired) electrons. The standard InChI is InChI=1S/C35H63NO4/c1-21(19-24(37)29(39)30(40)25(38)20-36)22-11-16-32(4)23(22)12-17-34(6)27(32)9-10-28-33(5)15-8-14-31(2,3)26(33)13-18-35(28,34)7/h21-30,37-40H,8-20,36H2,1-7H3/t21?,22-,23+,24?,25?,26+,27-,28-,29?,30?,32+,33+,34-,35-/m1/s1. The zero-order chi connectivity index (χ0) is 29.5. The van der Waals surface area contributed by atoms with Crippen molar-refractivity contribution >= 4 is 0 Å². The fraction of sp³-hybridized carbons (Fsp3) is 1.00. The fourth-order valence-electron chi connectivity index (χ4n) is 13.3. The quantitative estimate of drug-likeness (QED) is 0.266. The van der Waals surface area contributed by atoms with Crippen molar-refractivity contribution < 1.29 is 20.4 Å². The first kappa shape index (κ1) is 31.2. The maximum absolute atomic E-state index is 10.8. The van der Waals surface area contributed by atoms with Crippen molar-refractivity contribution in [2.75, 3.05) is 6.54 Å². The highest BCUT2D eigenvalue weighted by molar-refractivity contribution is 5.19. The van der Waals surface area contributed by atoms with Crippen molar-refractivity contribution in [3.05, 3.63) is 0 Å². The van der Waals surface area contributed by atoms with Crippen LogP contribution in [0, 0.1) is 62.6 Å². The first-order valence-electron chi connectivity index (χ1n) is 17.0. The Labute approximate surface area is 245 Å². The van der Waals surface area contributed by atoms with Crippen LogP contribution >= 0.6 is 0 Å². The van der Waals surface area contributed by atoms with Gasteiger partial charge in [0.1, 0.15) is 12.2 Å². The Bertz CT molecular complexity index is 925. The second-order valence-corrected chi connectivity index (χ2v) is 17.4. The van der Waals surface area contributed by atoms with E-state index in [9.17, 15) is 20.4 Å². The number of rotatable bonds is 7. The molecule has 0 amide bonds. The molecule has 5 nitrogen and oxygen atoms in total. The molecule has 5 heteroatoms. The van der Waals surface area contributed by atoms with E-state index in [0.29, 0.717) is 45.3 Å². The Morgan fingerprint density at radius 2 is 1.23 bits per heavy atom. The predicted octanol–water partition coefficient (Wildman–Crippen LogP) is 5.91. The molecule has 232 valence electrons. The van der Waals surface area contributed by atoms with Gasteiger partial charge in [0.25, 0.3) is 0 Å². The maximum Gasteiger partial charge on any atom is 0.109 e. The number of hydrogen-bond donors (Lipinski definition) is 5. The summed E-state index contributed by atoms with van der Waals surface area (Å²) in [6.07, 6.45) is 10.2. The predicted molar refractivity (Wildman–Crippen MR) is 161 cm³/mol. The van der Waals surface area contributed by atoms with Gasteiger partial charge in [0, 0.05) is 6.54 Å². The molecular formula is C35H63NO4. The largest absolute Gasteiger partial charge is 0.390 e. The molecule has 0 aromatic rings. The number of aliphatic hydroxyl groups excluding tert-OH is 4. The summed E-state index contributed by atoms with van der Waals surface area (Å²) in [6.45, 7) is 18.0. The van der Waals surface area contributed by atoms with Gasteiger partial charge in [0.15, 0.2) is 0 Å². The molecule has 0 aliphatic heterocycles. The fourth-order valence-corrected chi connectivity index (χ4v) is 13.3. The van der Waals surface area contributed by atoms with Crippen molar-refractivity contribution in [2.45, 2.75) is 150 Å². The molecule has 0 aromatic carbocycles. The van der Waals surface area contributed by atoms with Crippen molar-refractivity contribution in [3.8, 4) is 0 Å². The molecule has 5 saturated carbocycles. The average molecular weight is 562 g/mol. The molecule has 0 saturated heterocycles. The highest BCUT2D eigenvalue weighted by Gasteiger charge is 2.70. The zero-order valence-electron chi connectivity index (χ0n) is 26.8. The van der Waals surface area contributed by atoms with E-state index in [1.807, 2.05) is 0 Å². The van der Waals surface area contributed by atoms with E-state index in [0.717, 1.165) is 17.8 Å². The second kappa shape index (κ2) is 10.5. The average Bonchev–Trinajstić information content (AvgIpc) is 3.24. The Morgan fingerprint density at radius 3 is 1.85 bits per heavy atom. The van der Waals surface area contributed by atoms with E-state index in [4.69, 9.17) is 5.73 Å². The van der Waals surface area contributed by atoms with E-state index in [1.54, 1.807) is 0 Å². The van der Waals surface area contributed by atoms with Crippen LogP contribution in [0.3, 0.4) is 0 Å². The third-order valence-electron chi connectivity index (χ3n) is 15.5. The molecule has 5 rings (SSSR count). The molecule has 0 aromatic heterocycles. The van der Waals surface area contributed by atoms with Crippen molar-refractivity contribution in [1.82, 2.24) is 0 Å². The molecule has 0 heterocycles. The van der Waals surface area contributed by atoms with Crippen LogP contribution in [0.5, 0.6) is 0 Å². The van der Waals surface area contributed by atoms with Gasteiger partial charge in [-0.15, -0.1) is 0 Å². The number of aliphatic hydroxyl groups is 4. The highest BCUT2D eigenvalue weighted by atomic mass is 16.4. The lowest BCUT2D eigenvalue weighted by Gasteiger charge is -2.73. The maximum atomic E-state index is 10.8. The van der Waals surface area contributed by atoms with Gasteiger partial charge in [-0.3, -0.25) is 0 Å². The number of hydrogen-bond acceptors (Lipinski definition) is 5. The minimum absolute atomic E-state index is 0.138. The lowest BCUT2D eigenvalue weighted by Crippen LogP contribution is -2.65. The van der Waals surface area contributed by atoms with Gasteiger partial charge >= 0.3 is 0 Å². The molecule has 5 fully saturated rings. The van der Waals surface area contributed by atoms with Crippen molar-refractivity contribution in [3.63, 3.8) is 0 Å². The molecule has 0 bridgehead atoms. The smallest absolute Gasteiger partial charge is 0.109 e. The van der Waals surface area contributed by atoms with Crippen LogP contribution < -0.4 is 5.73 Å². The monoisotopic (exact) mass is 561 g/mol. The molecule has 14 atom stereocenters. The van der Waals surface area contributed by atoms with E-state index < -0.39 is 24.4 Å². The molecule has 40 heavy (non-hydrogen) atoms. The second-order valence-electron chi connectivity index (χ2n) is 17.4. The van der Waals surface area contributed by atoms with Crippen molar-refractivity contribution in [2.24, 2.45) is 68.3 Å².